The van der Waals surface area contributed by atoms with Gasteiger partial charge < -0.3 is 24.0 Å². The lowest BCUT2D eigenvalue weighted by Gasteiger charge is -2.30. The lowest BCUT2D eigenvalue weighted by atomic mass is 10.1. The molecule has 0 N–H and O–H groups in total. The van der Waals surface area contributed by atoms with E-state index in [-0.39, 0.29) is 18.6 Å². The first-order chi connectivity index (χ1) is 10.7. The van der Waals surface area contributed by atoms with Crippen LogP contribution < -0.4 is 0 Å². The molecule has 0 aromatic heterocycles. The molecule has 0 aromatic rings. The molecular weight excluding hydrogens is 300 g/mol. The Balaban J connectivity index is 1.79. The van der Waals surface area contributed by atoms with Gasteiger partial charge in [0, 0.05) is 19.6 Å². The topological polar surface area (TPSA) is 68.3 Å². The van der Waals surface area contributed by atoms with Gasteiger partial charge >= 0.3 is 6.09 Å². The lowest BCUT2D eigenvalue weighted by Crippen LogP contribution is -2.45. The SMILES string of the molecule is CC(C)(C)OC(=O)N1CCC(C)(OCC(=O)N2CCOCC2)C1. The Hall–Kier alpha value is -1.34. The molecular formula is C16H28N2O5. The maximum absolute atomic E-state index is 12.1. The van der Waals surface area contributed by atoms with Gasteiger partial charge in [0.2, 0.25) is 5.91 Å². The van der Waals surface area contributed by atoms with Crippen LogP contribution in [0.15, 0.2) is 0 Å². The van der Waals surface area contributed by atoms with Crippen molar-refractivity contribution in [2.45, 2.75) is 45.3 Å². The average Bonchev–Trinajstić information content (AvgIpc) is 2.87. The van der Waals surface area contributed by atoms with Gasteiger partial charge in [0.05, 0.1) is 25.4 Å². The van der Waals surface area contributed by atoms with Crippen LogP contribution >= 0.6 is 0 Å². The van der Waals surface area contributed by atoms with Crippen LogP contribution in [0.3, 0.4) is 0 Å². The molecule has 0 aromatic carbocycles. The van der Waals surface area contributed by atoms with Crippen LogP contribution in [0.2, 0.25) is 0 Å². The van der Waals surface area contributed by atoms with E-state index in [1.54, 1.807) is 9.80 Å². The Morgan fingerprint density at radius 3 is 2.39 bits per heavy atom. The number of carbonyl (C=O) groups is 2. The van der Waals surface area contributed by atoms with Crippen molar-refractivity contribution < 1.29 is 23.8 Å². The largest absolute Gasteiger partial charge is 0.444 e. The van der Waals surface area contributed by atoms with Crippen molar-refractivity contribution in [1.29, 1.82) is 0 Å². The van der Waals surface area contributed by atoms with Crippen molar-refractivity contribution in [2.24, 2.45) is 0 Å². The molecule has 7 nitrogen and oxygen atoms in total. The second-order valence-corrected chi connectivity index (χ2v) is 7.38. The lowest BCUT2D eigenvalue weighted by molar-refractivity contribution is -0.145. The van der Waals surface area contributed by atoms with E-state index in [1.807, 2.05) is 27.7 Å². The number of morpholine rings is 1. The summed E-state index contributed by atoms with van der Waals surface area (Å²) in [6, 6.07) is 0. The summed E-state index contributed by atoms with van der Waals surface area (Å²) in [5.41, 5.74) is -1.01. The number of ether oxygens (including phenoxy) is 3. The Kier molecular flexibility index (Phi) is 5.52. The summed E-state index contributed by atoms with van der Waals surface area (Å²) in [7, 11) is 0. The first-order valence-corrected chi connectivity index (χ1v) is 8.16. The quantitative estimate of drug-likeness (QED) is 0.780. The summed E-state index contributed by atoms with van der Waals surface area (Å²) in [5, 5.41) is 0. The zero-order valence-electron chi connectivity index (χ0n) is 14.6. The molecule has 0 aliphatic carbocycles. The first-order valence-electron chi connectivity index (χ1n) is 8.16. The second kappa shape index (κ2) is 7.05. The molecule has 0 radical (unpaired) electrons. The fourth-order valence-corrected chi connectivity index (χ4v) is 2.67. The normalized spacial score (nSPS) is 25.6. The Morgan fingerprint density at radius 1 is 1.13 bits per heavy atom. The average molecular weight is 328 g/mol. The molecule has 0 spiro atoms. The number of likely N-dealkylation sites (tertiary alicyclic amines) is 1. The number of hydrogen-bond acceptors (Lipinski definition) is 5. The van der Waals surface area contributed by atoms with E-state index < -0.39 is 11.2 Å². The van der Waals surface area contributed by atoms with Gasteiger partial charge in [0.25, 0.3) is 0 Å². The van der Waals surface area contributed by atoms with Crippen molar-refractivity contribution in [3.63, 3.8) is 0 Å². The van der Waals surface area contributed by atoms with Gasteiger partial charge in [0.1, 0.15) is 12.2 Å². The van der Waals surface area contributed by atoms with Gasteiger partial charge in [-0.2, -0.15) is 0 Å². The van der Waals surface area contributed by atoms with Gasteiger partial charge in [-0.25, -0.2) is 4.79 Å². The minimum Gasteiger partial charge on any atom is -0.444 e. The van der Waals surface area contributed by atoms with Crippen molar-refractivity contribution in [3.05, 3.63) is 0 Å². The number of rotatable bonds is 3. The van der Waals surface area contributed by atoms with Crippen LogP contribution in [0.25, 0.3) is 0 Å². The molecule has 2 rings (SSSR count). The van der Waals surface area contributed by atoms with Crippen molar-refractivity contribution in [1.82, 2.24) is 9.80 Å². The van der Waals surface area contributed by atoms with Crippen molar-refractivity contribution in [3.8, 4) is 0 Å². The minimum absolute atomic E-state index is 0.0229. The molecule has 0 saturated carbocycles. The highest BCUT2D eigenvalue weighted by atomic mass is 16.6. The van der Waals surface area contributed by atoms with Crippen LogP contribution in [-0.4, -0.2) is 79.0 Å². The highest BCUT2D eigenvalue weighted by Crippen LogP contribution is 2.26. The van der Waals surface area contributed by atoms with Crippen LogP contribution in [0.4, 0.5) is 4.79 Å². The van der Waals surface area contributed by atoms with Crippen LogP contribution in [0.5, 0.6) is 0 Å². The Bertz CT molecular complexity index is 442. The van der Waals surface area contributed by atoms with E-state index in [2.05, 4.69) is 0 Å². The third-order valence-electron chi connectivity index (χ3n) is 4.00. The molecule has 2 fully saturated rings. The smallest absolute Gasteiger partial charge is 0.410 e. The predicted molar refractivity (Wildman–Crippen MR) is 84.2 cm³/mol. The number of hydrogen-bond donors (Lipinski definition) is 0. The van der Waals surface area contributed by atoms with Crippen LogP contribution in [-0.2, 0) is 19.0 Å². The van der Waals surface area contributed by atoms with Crippen molar-refractivity contribution >= 4 is 12.0 Å². The molecule has 23 heavy (non-hydrogen) atoms. The fourth-order valence-electron chi connectivity index (χ4n) is 2.67. The van der Waals surface area contributed by atoms with E-state index in [4.69, 9.17) is 14.2 Å². The van der Waals surface area contributed by atoms with Crippen LogP contribution in [0, 0.1) is 0 Å². The first kappa shape index (κ1) is 18.0. The van der Waals surface area contributed by atoms with Crippen molar-refractivity contribution in [2.75, 3.05) is 46.0 Å². The van der Waals surface area contributed by atoms with E-state index in [0.29, 0.717) is 45.8 Å². The summed E-state index contributed by atoms with van der Waals surface area (Å²) < 4.78 is 16.4. The minimum atomic E-state index is -0.511. The maximum Gasteiger partial charge on any atom is 0.410 e. The van der Waals surface area contributed by atoms with Gasteiger partial charge in [-0.05, 0) is 34.1 Å². The van der Waals surface area contributed by atoms with Gasteiger partial charge in [-0.1, -0.05) is 0 Å². The monoisotopic (exact) mass is 328 g/mol. The van der Waals surface area contributed by atoms with Gasteiger partial charge in [-0.15, -0.1) is 0 Å². The van der Waals surface area contributed by atoms with Gasteiger partial charge in [0.15, 0.2) is 0 Å². The second-order valence-electron chi connectivity index (χ2n) is 7.38. The highest BCUT2D eigenvalue weighted by Gasteiger charge is 2.39. The zero-order valence-corrected chi connectivity index (χ0v) is 14.6. The number of nitrogens with zero attached hydrogens (tertiary/aromatic N) is 2. The Labute approximate surface area is 137 Å². The molecule has 2 heterocycles. The maximum atomic E-state index is 12.1. The summed E-state index contributed by atoms with van der Waals surface area (Å²) in [5.74, 6) is -0.0229. The molecule has 2 amide bonds. The molecule has 1 atom stereocenters. The molecule has 2 aliphatic rings. The Morgan fingerprint density at radius 2 is 1.78 bits per heavy atom. The van der Waals surface area contributed by atoms with Crippen LogP contribution in [0.1, 0.15) is 34.1 Å². The zero-order chi connectivity index (χ0) is 17.1. The highest BCUT2D eigenvalue weighted by molar-refractivity contribution is 5.77. The van der Waals surface area contributed by atoms with E-state index in [0.717, 1.165) is 0 Å². The summed E-state index contributed by atoms with van der Waals surface area (Å²) in [4.78, 5) is 27.6. The summed E-state index contributed by atoms with van der Waals surface area (Å²) >= 11 is 0. The molecule has 0 bridgehead atoms. The molecule has 2 aliphatic heterocycles. The molecule has 132 valence electrons. The van der Waals surface area contributed by atoms with E-state index >= 15 is 0 Å². The van der Waals surface area contributed by atoms with E-state index in [9.17, 15) is 9.59 Å². The summed E-state index contributed by atoms with van der Waals surface area (Å²) in [6.07, 6.45) is 0.368. The third-order valence-corrected chi connectivity index (χ3v) is 4.00. The third kappa shape index (κ3) is 5.35. The predicted octanol–water partition coefficient (Wildman–Crippen LogP) is 1.26. The number of amides is 2. The standard InChI is InChI=1S/C16H28N2O5/c1-15(2,3)23-14(20)18-6-5-16(4,12-18)22-11-13(19)17-7-9-21-10-8-17/h5-12H2,1-4H3. The fraction of sp³-hybridized carbons (Fsp3) is 0.875. The van der Waals surface area contributed by atoms with E-state index in [1.165, 1.54) is 0 Å². The molecule has 7 heteroatoms. The molecule has 1 unspecified atom stereocenters. The molecule has 2 saturated heterocycles. The summed E-state index contributed by atoms with van der Waals surface area (Å²) in [6.45, 7) is 10.9. The van der Waals surface area contributed by atoms with Gasteiger partial charge in [-0.3, -0.25) is 4.79 Å². The number of carbonyl (C=O) groups excluding carboxylic acids is 2.